The van der Waals surface area contributed by atoms with Gasteiger partial charge >= 0.3 is 0 Å². The van der Waals surface area contributed by atoms with Crippen LogP contribution in [0.2, 0.25) is 0 Å². The molecule has 0 aliphatic rings. The Hall–Kier alpha value is -2.77. The van der Waals surface area contributed by atoms with Gasteiger partial charge in [0.25, 0.3) is 0 Å². The zero-order chi connectivity index (χ0) is 17.8. The number of rotatable bonds is 7. The molecule has 0 saturated carbocycles. The maximum absolute atomic E-state index is 13.4. The van der Waals surface area contributed by atoms with E-state index in [4.69, 9.17) is 0 Å². The molecule has 0 aliphatic heterocycles. The van der Waals surface area contributed by atoms with E-state index >= 15 is 0 Å². The molecule has 2 aromatic heterocycles. The predicted molar refractivity (Wildman–Crippen MR) is 91.3 cm³/mol. The summed E-state index contributed by atoms with van der Waals surface area (Å²) in [7, 11) is 0. The minimum Gasteiger partial charge on any atom is -0.361 e. The molecule has 8 heteroatoms. The molecule has 0 spiro atoms. The fourth-order valence-electron chi connectivity index (χ4n) is 2.94. The molecule has 3 aromatic rings. The predicted octanol–water partition coefficient (Wildman–Crippen LogP) is 2.24. The fourth-order valence-corrected chi connectivity index (χ4v) is 2.94. The highest BCUT2D eigenvalue weighted by Crippen LogP contribution is 2.21. The van der Waals surface area contributed by atoms with E-state index in [1.165, 1.54) is 23.1 Å². The van der Waals surface area contributed by atoms with Crippen molar-refractivity contribution in [2.24, 2.45) is 5.92 Å². The van der Waals surface area contributed by atoms with Crippen LogP contribution in [0.15, 0.2) is 30.7 Å². The van der Waals surface area contributed by atoms with Crippen molar-refractivity contribution in [3.05, 3.63) is 42.1 Å². The van der Waals surface area contributed by atoms with Crippen LogP contribution >= 0.6 is 0 Å². The average Bonchev–Trinajstić information content (AvgIpc) is 3.25. The zero-order valence-corrected chi connectivity index (χ0v) is 14.2. The SMILES string of the molecule is CCC(C)C(C(=O)NCCc1c[nH]c2ccc(F)cc12)n1cnnn1. The van der Waals surface area contributed by atoms with Gasteiger partial charge in [-0.3, -0.25) is 4.79 Å². The van der Waals surface area contributed by atoms with Gasteiger partial charge in [-0.1, -0.05) is 20.3 Å². The van der Waals surface area contributed by atoms with Gasteiger partial charge in [0.2, 0.25) is 5.91 Å². The van der Waals surface area contributed by atoms with Gasteiger partial charge in [0.15, 0.2) is 0 Å². The molecule has 132 valence electrons. The second kappa shape index (κ2) is 7.42. The second-order valence-electron chi connectivity index (χ2n) is 6.17. The van der Waals surface area contributed by atoms with E-state index in [9.17, 15) is 9.18 Å². The lowest BCUT2D eigenvalue weighted by Gasteiger charge is -2.21. The lowest BCUT2D eigenvalue weighted by molar-refractivity contribution is -0.126. The number of nitrogens with one attached hydrogen (secondary N) is 2. The molecule has 3 rings (SSSR count). The van der Waals surface area contributed by atoms with E-state index in [1.807, 2.05) is 20.0 Å². The number of aromatic nitrogens is 5. The fraction of sp³-hybridized carbons (Fsp3) is 0.412. The van der Waals surface area contributed by atoms with Crippen LogP contribution in [0.3, 0.4) is 0 Å². The monoisotopic (exact) mass is 344 g/mol. The van der Waals surface area contributed by atoms with Gasteiger partial charge in [0, 0.05) is 23.6 Å². The van der Waals surface area contributed by atoms with Crippen LogP contribution in [0.5, 0.6) is 0 Å². The molecule has 2 unspecified atom stereocenters. The molecule has 0 aliphatic carbocycles. The van der Waals surface area contributed by atoms with Crippen LogP contribution in [0.4, 0.5) is 4.39 Å². The Labute approximate surface area is 144 Å². The molecule has 0 fully saturated rings. The third-order valence-corrected chi connectivity index (χ3v) is 4.52. The largest absolute Gasteiger partial charge is 0.361 e. The van der Waals surface area contributed by atoms with E-state index in [-0.39, 0.29) is 17.6 Å². The van der Waals surface area contributed by atoms with Gasteiger partial charge in [-0.05, 0) is 46.5 Å². The third kappa shape index (κ3) is 3.67. The van der Waals surface area contributed by atoms with Crippen molar-refractivity contribution < 1.29 is 9.18 Å². The van der Waals surface area contributed by atoms with Crippen LogP contribution in [0.1, 0.15) is 31.9 Å². The number of amides is 1. The number of carbonyl (C=O) groups excluding carboxylic acids is 1. The molecule has 0 saturated heterocycles. The Kier molecular flexibility index (Phi) is 5.06. The molecule has 1 aromatic carbocycles. The summed E-state index contributed by atoms with van der Waals surface area (Å²) < 4.78 is 14.9. The van der Waals surface area contributed by atoms with Crippen LogP contribution in [-0.4, -0.2) is 37.6 Å². The lowest BCUT2D eigenvalue weighted by Crippen LogP contribution is -2.37. The van der Waals surface area contributed by atoms with Gasteiger partial charge in [-0.2, -0.15) is 0 Å². The first-order valence-corrected chi connectivity index (χ1v) is 8.35. The van der Waals surface area contributed by atoms with Crippen LogP contribution in [0, 0.1) is 11.7 Å². The molecule has 2 N–H and O–H groups in total. The highest BCUT2D eigenvalue weighted by molar-refractivity contribution is 5.83. The van der Waals surface area contributed by atoms with Crippen molar-refractivity contribution in [3.8, 4) is 0 Å². The van der Waals surface area contributed by atoms with Gasteiger partial charge in [-0.15, -0.1) is 5.10 Å². The number of carbonyl (C=O) groups is 1. The number of tetrazole rings is 1. The number of H-pyrrole nitrogens is 1. The molecule has 25 heavy (non-hydrogen) atoms. The highest BCUT2D eigenvalue weighted by Gasteiger charge is 2.26. The number of hydrogen-bond donors (Lipinski definition) is 2. The molecular weight excluding hydrogens is 323 g/mol. The van der Waals surface area contributed by atoms with E-state index < -0.39 is 6.04 Å². The second-order valence-corrected chi connectivity index (χ2v) is 6.17. The van der Waals surface area contributed by atoms with Crippen molar-refractivity contribution in [1.29, 1.82) is 0 Å². The van der Waals surface area contributed by atoms with Gasteiger partial charge in [-0.25, -0.2) is 9.07 Å². The Morgan fingerprint density at radius 3 is 3.00 bits per heavy atom. The quantitative estimate of drug-likeness (QED) is 0.688. The molecule has 2 heterocycles. The first-order valence-electron chi connectivity index (χ1n) is 8.35. The zero-order valence-electron chi connectivity index (χ0n) is 14.2. The van der Waals surface area contributed by atoms with Crippen molar-refractivity contribution in [2.45, 2.75) is 32.7 Å². The number of aromatic amines is 1. The number of fused-ring (bicyclic) bond motifs is 1. The number of halogens is 1. The summed E-state index contributed by atoms with van der Waals surface area (Å²) in [6.07, 6.45) is 4.75. The van der Waals surface area contributed by atoms with Gasteiger partial charge in [0.05, 0.1) is 0 Å². The van der Waals surface area contributed by atoms with Crippen LogP contribution in [0.25, 0.3) is 10.9 Å². The van der Waals surface area contributed by atoms with Crippen molar-refractivity contribution >= 4 is 16.8 Å². The summed E-state index contributed by atoms with van der Waals surface area (Å²) in [5.41, 5.74) is 1.85. The molecule has 0 radical (unpaired) electrons. The van der Waals surface area contributed by atoms with Crippen LogP contribution in [-0.2, 0) is 11.2 Å². The van der Waals surface area contributed by atoms with E-state index in [1.54, 1.807) is 6.07 Å². The van der Waals surface area contributed by atoms with Crippen LogP contribution < -0.4 is 5.32 Å². The summed E-state index contributed by atoms with van der Waals surface area (Å²) in [5.74, 6) is -0.286. The van der Waals surface area contributed by atoms with Crippen molar-refractivity contribution in [2.75, 3.05) is 6.54 Å². The Morgan fingerprint density at radius 2 is 2.28 bits per heavy atom. The summed E-state index contributed by atoms with van der Waals surface area (Å²) >= 11 is 0. The van der Waals surface area contributed by atoms with E-state index in [2.05, 4.69) is 25.8 Å². The molecule has 1 amide bonds. The summed E-state index contributed by atoms with van der Waals surface area (Å²) in [6, 6.07) is 4.20. The van der Waals surface area contributed by atoms with Crippen molar-refractivity contribution in [1.82, 2.24) is 30.5 Å². The topological polar surface area (TPSA) is 88.5 Å². The first kappa shape index (κ1) is 17.1. The molecular formula is C17H21FN6O. The Morgan fingerprint density at radius 1 is 1.44 bits per heavy atom. The normalized spacial score (nSPS) is 13.7. The molecule has 0 bridgehead atoms. The van der Waals surface area contributed by atoms with Gasteiger partial charge < -0.3 is 10.3 Å². The molecule has 7 nitrogen and oxygen atoms in total. The minimum atomic E-state index is -0.444. The standard InChI is InChI=1S/C17H21FN6O/c1-3-11(2)16(24-10-21-22-23-24)17(25)19-7-6-12-9-20-15-5-4-13(18)8-14(12)15/h4-5,8-11,16,20H,3,6-7H2,1-2H3,(H,19,25). The van der Waals surface area contributed by atoms with Gasteiger partial charge in [0.1, 0.15) is 18.2 Å². The Bertz CT molecular complexity index is 844. The smallest absolute Gasteiger partial charge is 0.245 e. The minimum absolute atomic E-state index is 0.102. The van der Waals surface area contributed by atoms with E-state index in [0.717, 1.165) is 22.9 Å². The number of hydrogen-bond acceptors (Lipinski definition) is 4. The average molecular weight is 344 g/mol. The number of benzene rings is 1. The summed E-state index contributed by atoms with van der Waals surface area (Å²) in [6.45, 7) is 4.47. The maximum atomic E-state index is 13.4. The van der Waals surface area contributed by atoms with E-state index in [0.29, 0.717) is 13.0 Å². The number of nitrogens with zero attached hydrogens (tertiary/aromatic N) is 4. The lowest BCUT2D eigenvalue weighted by atomic mass is 9.98. The van der Waals surface area contributed by atoms with Crippen molar-refractivity contribution in [3.63, 3.8) is 0 Å². The third-order valence-electron chi connectivity index (χ3n) is 4.52. The maximum Gasteiger partial charge on any atom is 0.245 e. The highest BCUT2D eigenvalue weighted by atomic mass is 19.1. The summed E-state index contributed by atoms with van der Waals surface area (Å²) in [5, 5.41) is 14.9. The summed E-state index contributed by atoms with van der Waals surface area (Å²) in [4.78, 5) is 15.7. The Balaban J connectivity index is 1.65. The first-order chi connectivity index (χ1) is 12.1. The molecule has 2 atom stereocenters.